The third kappa shape index (κ3) is 4.63. The average Bonchev–Trinajstić information content (AvgIpc) is 2.80. The molecule has 0 saturated heterocycles. The number of para-hydroxylation sites is 1. The van der Waals surface area contributed by atoms with E-state index in [9.17, 15) is 26.4 Å². The second-order valence-corrected chi connectivity index (χ2v) is 9.90. The number of primary sulfonamides is 1. The summed E-state index contributed by atoms with van der Waals surface area (Å²) < 4.78 is 66.1. The van der Waals surface area contributed by atoms with Crippen LogP contribution in [-0.2, 0) is 22.7 Å². The van der Waals surface area contributed by atoms with Gasteiger partial charge in [0.1, 0.15) is 6.17 Å². The number of alkyl halides is 3. The number of nitrogens with two attached hydrogens (primary N) is 1. The van der Waals surface area contributed by atoms with Crippen LogP contribution in [0.5, 0.6) is 0 Å². The molecule has 0 fully saturated rings. The van der Waals surface area contributed by atoms with E-state index in [1.807, 2.05) is 56.3 Å². The Kier molecular flexibility index (Phi) is 6.37. The lowest BCUT2D eigenvalue weighted by Gasteiger charge is -2.46. The van der Waals surface area contributed by atoms with E-state index >= 15 is 0 Å². The molecule has 1 aliphatic heterocycles. The minimum atomic E-state index is -4.99. The molecule has 2 N–H and O–H groups in total. The van der Waals surface area contributed by atoms with Crippen molar-refractivity contribution in [2.24, 2.45) is 5.14 Å². The largest absolute Gasteiger partial charge is 0.417 e. The van der Waals surface area contributed by atoms with E-state index in [-0.39, 0.29) is 17.8 Å². The van der Waals surface area contributed by atoms with Crippen molar-refractivity contribution in [3.63, 3.8) is 0 Å². The normalized spacial score (nSPS) is 16.4. The van der Waals surface area contributed by atoms with Gasteiger partial charge in [0.15, 0.2) is 0 Å². The minimum absolute atomic E-state index is 0.00950. The van der Waals surface area contributed by atoms with Crippen LogP contribution in [0.2, 0.25) is 0 Å². The predicted molar refractivity (Wildman–Crippen MR) is 128 cm³/mol. The van der Waals surface area contributed by atoms with Gasteiger partial charge in [0, 0.05) is 12.2 Å². The summed E-state index contributed by atoms with van der Waals surface area (Å²) in [5.41, 5.74) is 0.649. The lowest BCUT2D eigenvalue weighted by Crippen LogP contribution is -2.55. The summed E-state index contributed by atoms with van der Waals surface area (Å²) in [5.74, 6) is -0.593. The molecule has 0 bridgehead atoms. The van der Waals surface area contributed by atoms with Crippen LogP contribution in [0.3, 0.4) is 0 Å². The van der Waals surface area contributed by atoms with Gasteiger partial charge in [-0.2, -0.15) is 13.2 Å². The lowest BCUT2D eigenvalue weighted by molar-refractivity contribution is -0.139. The number of sulfonamides is 1. The fraction of sp³-hybridized carbons (Fsp3) is 0.240. The first-order chi connectivity index (χ1) is 16.4. The second kappa shape index (κ2) is 9.01. The number of hydrogen-bond acceptors (Lipinski definition) is 4. The molecule has 4 rings (SSSR count). The highest BCUT2D eigenvalue weighted by Gasteiger charge is 2.43. The molecule has 0 spiro atoms. The van der Waals surface area contributed by atoms with Crippen LogP contribution in [0.4, 0.5) is 24.5 Å². The number of nitrogens with zero attached hydrogens (tertiary/aromatic N) is 2. The highest BCUT2D eigenvalue weighted by atomic mass is 32.2. The molecule has 1 aliphatic rings. The van der Waals surface area contributed by atoms with Crippen molar-refractivity contribution in [1.82, 2.24) is 0 Å². The molecule has 0 aliphatic carbocycles. The monoisotopic (exact) mass is 503 g/mol. The molecule has 10 heteroatoms. The van der Waals surface area contributed by atoms with Gasteiger partial charge in [0.05, 0.1) is 21.7 Å². The third-order valence-electron chi connectivity index (χ3n) is 6.06. The molecule has 1 atom stereocenters. The molecular formula is C25H24F3N3O3S. The molecule has 6 nitrogen and oxygen atoms in total. The number of fused-ring (bicyclic) bond motifs is 1. The first-order valence-corrected chi connectivity index (χ1v) is 12.5. The Labute approximate surface area is 201 Å². The fourth-order valence-corrected chi connectivity index (χ4v) is 5.24. The third-order valence-corrected chi connectivity index (χ3v) is 7.01. The number of amides is 1. The van der Waals surface area contributed by atoms with E-state index in [1.54, 1.807) is 17.0 Å². The standard InChI is InChI=1S/C25H24F3N3O3S/c1-3-23-30(15-17-10-5-4-6-11-17)21-14-19(25(26,27)28)22(35(29,33)34)13-18(21)24(32)31(23)20-12-8-7-9-16(20)2/h4-14,23H,3,15H2,1-2H3,(H2,29,33,34). The Bertz CT molecular complexity index is 1380. The molecule has 1 heterocycles. The zero-order valence-electron chi connectivity index (χ0n) is 19.1. The summed E-state index contributed by atoms with van der Waals surface area (Å²) in [5, 5.41) is 5.15. The Morgan fingerprint density at radius 3 is 2.17 bits per heavy atom. The highest BCUT2D eigenvalue weighted by Crippen LogP contribution is 2.43. The minimum Gasteiger partial charge on any atom is -0.346 e. The maximum atomic E-state index is 13.9. The SMILES string of the molecule is CCC1N(Cc2ccccc2)c2cc(C(F)(F)F)c(S(N)(=O)=O)cc2C(=O)N1c1ccccc1C. The first kappa shape index (κ1) is 24.7. The van der Waals surface area contributed by atoms with Crippen LogP contribution in [0.15, 0.2) is 71.6 Å². The van der Waals surface area contributed by atoms with Crippen LogP contribution >= 0.6 is 0 Å². The number of halogens is 3. The smallest absolute Gasteiger partial charge is 0.346 e. The molecule has 3 aromatic rings. The van der Waals surface area contributed by atoms with Crippen molar-refractivity contribution in [3.8, 4) is 0 Å². The molecule has 3 aromatic carbocycles. The molecular weight excluding hydrogens is 479 g/mol. The zero-order chi connectivity index (χ0) is 25.5. The maximum absolute atomic E-state index is 13.9. The first-order valence-electron chi connectivity index (χ1n) is 10.9. The summed E-state index contributed by atoms with van der Waals surface area (Å²) in [6, 6.07) is 17.8. The topological polar surface area (TPSA) is 83.7 Å². The molecule has 0 aromatic heterocycles. The van der Waals surface area contributed by atoms with E-state index in [2.05, 4.69) is 0 Å². The van der Waals surface area contributed by atoms with Crippen LogP contribution in [0, 0.1) is 6.92 Å². The van der Waals surface area contributed by atoms with Crippen molar-refractivity contribution in [1.29, 1.82) is 0 Å². The maximum Gasteiger partial charge on any atom is 0.417 e. The average molecular weight is 504 g/mol. The van der Waals surface area contributed by atoms with Crippen molar-refractivity contribution in [2.75, 3.05) is 9.80 Å². The van der Waals surface area contributed by atoms with Crippen LogP contribution in [0.1, 0.15) is 40.4 Å². The summed E-state index contributed by atoms with van der Waals surface area (Å²) >= 11 is 0. The second-order valence-electron chi connectivity index (χ2n) is 8.37. The van der Waals surface area contributed by atoms with Gasteiger partial charge in [-0.3, -0.25) is 9.69 Å². The van der Waals surface area contributed by atoms with Gasteiger partial charge < -0.3 is 4.90 Å². The van der Waals surface area contributed by atoms with Crippen molar-refractivity contribution < 1.29 is 26.4 Å². The Hall–Kier alpha value is -3.37. The van der Waals surface area contributed by atoms with Crippen LogP contribution in [0.25, 0.3) is 0 Å². The molecule has 35 heavy (non-hydrogen) atoms. The number of hydrogen-bond donors (Lipinski definition) is 1. The summed E-state index contributed by atoms with van der Waals surface area (Å²) in [6.45, 7) is 3.87. The van der Waals surface area contributed by atoms with E-state index in [1.165, 1.54) is 4.90 Å². The number of anilines is 2. The van der Waals surface area contributed by atoms with Crippen molar-refractivity contribution in [2.45, 2.75) is 44.1 Å². The van der Waals surface area contributed by atoms with E-state index < -0.39 is 38.7 Å². The van der Waals surface area contributed by atoms with Gasteiger partial charge in [-0.15, -0.1) is 0 Å². The van der Waals surface area contributed by atoms with Gasteiger partial charge in [0.2, 0.25) is 10.0 Å². The summed E-state index contributed by atoms with van der Waals surface area (Å²) in [4.78, 5) is 15.9. The number of carbonyl (C=O) groups is 1. The van der Waals surface area contributed by atoms with Gasteiger partial charge in [0.25, 0.3) is 5.91 Å². The molecule has 0 saturated carbocycles. The Morgan fingerprint density at radius 2 is 1.60 bits per heavy atom. The molecule has 1 unspecified atom stereocenters. The van der Waals surface area contributed by atoms with E-state index in [4.69, 9.17) is 5.14 Å². The van der Waals surface area contributed by atoms with E-state index in [0.717, 1.165) is 23.3 Å². The quantitative estimate of drug-likeness (QED) is 0.527. The number of carbonyl (C=O) groups excluding carboxylic acids is 1. The van der Waals surface area contributed by atoms with Gasteiger partial charge >= 0.3 is 6.18 Å². The number of rotatable bonds is 5. The molecule has 1 amide bonds. The van der Waals surface area contributed by atoms with Crippen LogP contribution < -0.4 is 14.9 Å². The van der Waals surface area contributed by atoms with Gasteiger partial charge in [-0.25, -0.2) is 13.6 Å². The van der Waals surface area contributed by atoms with Crippen LogP contribution in [-0.4, -0.2) is 20.5 Å². The summed E-state index contributed by atoms with van der Waals surface area (Å²) in [7, 11) is -4.77. The van der Waals surface area contributed by atoms with Gasteiger partial charge in [-0.1, -0.05) is 55.5 Å². The lowest BCUT2D eigenvalue weighted by atomic mass is 9.98. The van der Waals surface area contributed by atoms with Gasteiger partial charge in [-0.05, 0) is 42.7 Å². The predicted octanol–water partition coefficient (Wildman–Crippen LogP) is 5.06. The fourth-order valence-electron chi connectivity index (χ4n) is 4.48. The zero-order valence-corrected chi connectivity index (χ0v) is 19.9. The van der Waals surface area contributed by atoms with Crippen molar-refractivity contribution in [3.05, 3.63) is 89.0 Å². The summed E-state index contributed by atoms with van der Waals surface area (Å²) in [6.07, 6.45) is -5.20. The number of benzene rings is 3. The molecule has 184 valence electrons. The van der Waals surface area contributed by atoms with Crippen molar-refractivity contribution >= 4 is 27.3 Å². The van der Waals surface area contributed by atoms with E-state index in [0.29, 0.717) is 12.1 Å². The Morgan fingerprint density at radius 1 is 0.971 bits per heavy atom. The Balaban J connectivity index is 2.02. The highest BCUT2D eigenvalue weighted by molar-refractivity contribution is 7.89. The molecule has 0 radical (unpaired) electrons. The number of aryl methyl sites for hydroxylation is 1.